The van der Waals surface area contributed by atoms with Gasteiger partial charge in [0, 0.05) is 13.6 Å². The van der Waals surface area contributed by atoms with E-state index in [4.69, 9.17) is 4.74 Å². The normalized spacial score (nSPS) is 12.2. The van der Waals surface area contributed by atoms with Crippen LogP contribution in [0.15, 0.2) is 59.5 Å². The maximum Gasteiger partial charge on any atom is 0.307 e. The van der Waals surface area contributed by atoms with Gasteiger partial charge < -0.3 is 9.64 Å². The third-order valence-corrected chi connectivity index (χ3v) is 5.98. The molecule has 0 aliphatic rings. The summed E-state index contributed by atoms with van der Waals surface area (Å²) in [6, 6.07) is 15.9. The van der Waals surface area contributed by atoms with Gasteiger partial charge in [0.25, 0.3) is 5.91 Å². The van der Waals surface area contributed by atoms with Gasteiger partial charge in [-0.3, -0.25) is 9.59 Å². The van der Waals surface area contributed by atoms with Crippen molar-refractivity contribution in [3.63, 3.8) is 0 Å². The molecule has 0 fully saturated rings. The molecule has 0 saturated heterocycles. The average molecular weight is 404 g/mol. The number of likely N-dealkylation sites (N-methyl/N-ethyl adjacent to an activating group) is 1. The lowest BCUT2D eigenvalue weighted by Crippen LogP contribution is -2.37. The third kappa shape index (κ3) is 6.20. The minimum atomic E-state index is -3.58. The zero-order valence-corrected chi connectivity index (χ0v) is 17.1. The summed E-state index contributed by atoms with van der Waals surface area (Å²) in [5, 5.41) is 0. The molecule has 7 heteroatoms. The van der Waals surface area contributed by atoms with Gasteiger partial charge in [-0.25, -0.2) is 8.42 Å². The topological polar surface area (TPSA) is 80.7 Å². The van der Waals surface area contributed by atoms with Gasteiger partial charge in [0.05, 0.1) is 17.1 Å². The van der Waals surface area contributed by atoms with Crippen LogP contribution in [-0.2, 0) is 30.7 Å². The Morgan fingerprint density at radius 1 is 1.04 bits per heavy atom. The molecule has 0 aliphatic carbocycles. The molecule has 0 bridgehead atoms. The predicted octanol–water partition coefficient (Wildman–Crippen LogP) is 2.75. The summed E-state index contributed by atoms with van der Waals surface area (Å²) in [6.45, 7) is 3.74. The summed E-state index contributed by atoms with van der Waals surface area (Å²) in [5.41, 5.74) is 1.91. The van der Waals surface area contributed by atoms with Gasteiger partial charge in [-0.1, -0.05) is 48.0 Å². The van der Waals surface area contributed by atoms with Crippen molar-refractivity contribution in [2.75, 3.05) is 12.8 Å². The molecule has 0 saturated carbocycles. The van der Waals surface area contributed by atoms with Crippen LogP contribution >= 0.6 is 0 Å². The van der Waals surface area contributed by atoms with Crippen molar-refractivity contribution in [1.29, 1.82) is 0 Å². The molecule has 1 unspecified atom stereocenters. The molecule has 2 aromatic carbocycles. The number of amides is 1. The highest BCUT2D eigenvalue weighted by Gasteiger charge is 2.23. The number of rotatable bonds is 8. The lowest BCUT2D eigenvalue weighted by molar-refractivity contribution is -0.158. The van der Waals surface area contributed by atoms with E-state index in [1.165, 1.54) is 24.0 Å². The molecule has 0 aromatic heterocycles. The fourth-order valence-corrected chi connectivity index (χ4v) is 3.86. The molecule has 2 rings (SSSR count). The van der Waals surface area contributed by atoms with Crippen molar-refractivity contribution in [2.24, 2.45) is 0 Å². The van der Waals surface area contributed by atoms with Crippen LogP contribution in [0.4, 0.5) is 0 Å². The fraction of sp³-hybridized carbons (Fsp3) is 0.333. The number of nitrogens with zero attached hydrogens (tertiary/aromatic N) is 1. The molecular formula is C21H25NO5S. The lowest BCUT2D eigenvalue weighted by Gasteiger charge is -2.21. The van der Waals surface area contributed by atoms with Crippen LogP contribution in [0.3, 0.4) is 0 Å². The van der Waals surface area contributed by atoms with E-state index in [1.54, 1.807) is 19.2 Å². The number of carbonyl (C=O) groups excluding carboxylic acids is 2. The summed E-state index contributed by atoms with van der Waals surface area (Å²) >= 11 is 0. The van der Waals surface area contributed by atoms with E-state index in [1.807, 2.05) is 37.3 Å². The average Bonchev–Trinajstić information content (AvgIpc) is 2.67. The molecule has 0 spiro atoms. The number of benzene rings is 2. The standard InChI is InChI=1S/C21H25NO5S/c1-16-9-11-19(12-10-16)28(25,26)14-13-20(23)27-17(2)21(24)22(3)15-18-7-5-4-6-8-18/h4-12,17H,13-15H2,1-3H3. The minimum Gasteiger partial charge on any atom is -0.453 e. The first-order chi connectivity index (χ1) is 13.2. The SMILES string of the molecule is Cc1ccc(S(=O)(=O)CCC(=O)OC(C)C(=O)N(C)Cc2ccccc2)cc1. The molecule has 0 N–H and O–H groups in total. The Hall–Kier alpha value is -2.67. The molecule has 0 radical (unpaired) electrons. The molecule has 6 nitrogen and oxygen atoms in total. The van der Waals surface area contributed by atoms with Crippen LogP contribution in [0.25, 0.3) is 0 Å². The molecule has 1 atom stereocenters. The second-order valence-corrected chi connectivity index (χ2v) is 8.80. The van der Waals surface area contributed by atoms with E-state index in [0.29, 0.717) is 6.54 Å². The summed E-state index contributed by atoms with van der Waals surface area (Å²) in [6.07, 6.45) is -1.29. The van der Waals surface area contributed by atoms with Gasteiger partial charge in [0.15, 0.2) is 15.9 Å². The van der Waals surface area contributed by atoms with Crippen molar-refractivity contribution in [3.8, 4) is 0 Å². The van der Waals surface area contributed by atoms with Crippen LogP contribution in [0.2, 0.25) is 0 Å². The van der Waals surface area contributed by atoms with Crippen molar-refractivity contribution >= 4 is 21.7 Å². The smallest absolute Gasteiger partial charge is 0.307 e. The van der Waals surface area contributed by atoms with E-state index in [-0.39, 0.29) is 23.0 Å². The van der Waals surface area contributed by atoms with Crippen LogP contribution in [0, 0.1) is 6.92 Å². The number of aryl methyl sites for hydroxylation is 1. The zero-order valence-electron chi connectivity index (χ0n) is 16.3. The summed E-state index contributed by atoms with van der Waals surface area (Å²) < 4.78 is 29.7. The van der Waals surface area contributed by atoms with Crippen molar-refractivity contribution in [2.45, 2.75) is 37.8 Å². The van der Waals surface area contributed by atoms with E-state index in [0.717, 1.165) is 11.1 Å². The zero-order chi connectivity index (χ0) is 20.7. The van der Waals surface area contributed by atoms with E-state index in [2.05, 4.69) is 0 Å². The number of ether oxygens (including phenoxy) is 1. The second-order valence-electron chi connectivity index (χ2n) is 6.69. The Bertz CT molecular complexity index is 908. The number of carbonyl (C=O) groups is 2. The highest BCUT2D eigenvalue weighted by atomic mass is 32.2. The van der Waals surface area contributed by atoms with E-state index in [9.17, 15) is 18.0 Å². The van der Waals surface area contributed by atoms with E-state index < -0.39 is 21.9 Å². The van der Waals surface area contributed by atoms with Gasteiger partial charge in [0.2, 0.25) is 0 Å². The Labute approximate surface area is 166 Å². The van der Waals surface area contributed by atoms with Crippen molar-refractivity contribution in [1.82, 2.24) is 4.90 Å². The first-order valence-corrected chi connectivity index (χ1v) is 10.6. The maximum absolute atomic E-state index is 12.4. The van der Waals surface area contributed by atoms with Gasteiger partial charge >= 0.3 is 5.97 Å². The summed E-state index contributed by atoms with van der Waals surface area (Å²) in [7, 11) is -1.95. The highest BCUT2D eigenvalue weighted by molar-refractivity contribution is 7.91. The Kier molecular flexibility index (Phi) is 7.34. The number of sulfone groups is 1. The minimum absolute atomic E-state index is 0.164. The Morgan fingerprint density at radius 2 is 1.64 bits per heavy atom. The predicted molar refractivity (Wildman–Crippen MR) is 106 cm³/mol. The first-order valence-electron chi connectivity index (χ1n) is 8.97. The molecule has 1 amide bonds. The Balaban J connectivity index is 1.86. The number of esters is 1. The third-order valence-electron chi connectivity index (χ3n) is 4.25. The molecule has 2 aromatic rings. The van der Waals surface area contributed by atoms with Gasteiger partial charge in [-0.15, -0.1) is 0 Å². The molecule has 0 aliphatic heterocycles. The summed E-state index contributed by atoms with van der Waals surface area (Å²) in [4.78, 5) is 26.0. The molecular weight excluding hydrogens is 378 g/mol. The van der Waals surface area contributed by atoms with Crippen molar-refractivity contribution < 1.29 is 22.7 Å². The van der Waals surface area contributed by atoms with E-state index >= 15 is 0 Å². The van der Waals surface area contributed by atoms with Crippen molar-refractivity contribution in [3.05, 3.63) is 65.7 Å². The van der Waals surface area contributed by atoms with Crippen LogP contribution in [-0.4, -0.2) is 44.1 Å². The monoisotopic (exact) mass is 403 g/mol. The maximum atomic E-state index is 12.4. The van der Waals surface area contributed by atoms with Crippen LogP contribution in [0.5, 0.6) is 0 Å². The number of hydrogen-bond acceptors (Lipinski definition) is 5. The highest BCUT2D eigenvalue weighted by Crippen LogP contribution is 2.14. The van der Waals surface area contributed by atoms with Crippen LogP contribution < -0.4 is 0 Å². The molecule has 0 heterocycles. The van der Waals surface area contributed by atoms with Gasteiger partial charge in [0.1, 0.15) is 0 Å². The second kappa shape index (κ2) is 9.50. The lowest BCUT2D eigenvalue weighted by atomic mass is 10.2. The molecule has 150 valence electrons. The molecule has 28 heavy (non-hydrogen) atoms. The van der Waals surface area contributed by atoms with Gasteiger partial charge in [-0.2, -0.15) is 0 Å². The fourth-order valence-electron chi connectivity index (χ4n) is 2.63. The Morgan fingerprint density at radius 3 is 2.25 bits per heavy atom. The van der Waals surface area contributed by atoms with Crippen LogP contribution in [0.1, 0.15) is 24.5 Å². The van der Waals surface area contributed by atoms with Gasteiger partial charge in [-0.05, 0) is 31.5 Å². The first kappa shape index (κ1) is 21.6. The quantitative estimate of drug-likeness (QED) is 0.633. The number of hydrogen-bond donors (Lipinski definition) is 0. The largest absolute Gasteiger partial charge is 0.453 e. The summed E-state index contributed by atoms with van der Waals surface area (Å²) in [5.74, 6) is -1.43.